The van der Waals surface area contributed by atoms with Gasteiger partial charge in [-0.05, 0) is 13.8 Å². The summed E-state index contributed by atoms with van der Waals surface area (Å²) in [5.74, 6) is -0.0336. The standard InChI is InChI=1S/C8H16N2O2/c1-8(2,12)6-7(11)10(3)5-4-9-6/h6,9,12H,4-5H2,1-3H3. The molecular formula is C8H16N2O2. The zero-order valence-corrected chi connectivity index (χ0v) is 7.79. The van der Waals surface area contributed by atoms with Crippen molar-refractivity contribution in [3.8, 4) is 0 Å². The first-order valence-electron chi connectivity index (χ1n) is 4.13. The van der Waals surface area contributed by atoms with E-state index in [4.69, 9.17) is 0 Å². The molecular weight excluding hydrogens is 156 g/mol. The number of carbonyl (C=O) groups excluding carboxylic acids is 1. The van der Waals surface area contributed by atoms with E-state index in [9.17, 15) is 9.90 Å². The predicted molar refractivity (Wildman–Crippen MR) is 45.7 cm³/mol. The second kappa shape index (κ2) is 3.03. The van der Waals surface area contributed by atoms with Gasteiger partial charge in [-0.25, -0.2) is 0 Å². The van der Waals surface area contributed by atoms with Gasteiger partial charge in [-0.1, -0.05) is 0 Å². The molecule has 0 radical (unpaired) electrons. The van der Waals surface area contributed by atoms with Crippen molar-refractivity contribution < 1.29 is 9.90 Å². The van der Waals surface area contributed by atoms with Crippen molar-refractivity contribution in [1.29, 1.82) is 0 Å². The van der Waals surface area contributed by atoms with Crippen molar-refractivity contribution >= 4 is 5.91 Å². The van der Waals surface area contributed by atoms with Crippen LogP contribution < -0.4 is 5.32 Å². The van der Waals surface area contributed by atoms with Crippen LogP contribution in [0.3, 0.4) is 0 Å². The molecule has 12 heavy (non-hydrogen) atoms. The molecule has 1 aliphatic heterocycles. The first kappa shape index (κ1) is 9.48. The second-order valence-corrected chi connectivity index (χ2v) is 3.80. The van der Waals surface area contributed by atoms with E-state index in [0.717, 1.165) is 6.54 Å². The summed E-state index contributed by atoms with van der Waals surface area (Å²) >= 11 is 0. The number of likely N-dealkylation sites (N-methyl/N-ethyl adjacent to an activating group) is 1. The minimum Gasteiger partial charge on any atom is -0.388 e. The molecule has 1 amide bonds. The molecule has 0 aromatic rings. The molecule has 1 heterocycles. The molecule has 1 aliphatic rings. The first-order valence-corrected chi connectivity index (χ1v) is 4.13. The zero-order chi connectivity index (χ0) is 9.35. The maximum atomic E-state index is 11.5. The lowest BCUT2D eigenvalue weighted by atomic mass is 9.96. The summed E-state index contributed by atoms with van der Waals surface area (Å²) in [6.07, 6.45) is 0. The topological polar surface area (TPSA) is 52.6 Å². The fourth-order valence-corrected chi connectivity index (χ4v) is 1.35. The van der Waals surface area contributed by atoms with Crippen LogP contribution >= 0.6 is 0 Å². The molecule has 0 spiro atoms. The Morgan fingerprint density at radius 1 is 1.67 bits per heavy atom. The van der Waals surface area contributed by atoms with Crippen molar-refractivity contribution in [2.75, 3.05) is 20.1 Å². The van der Waals surface area contributed by atoms with Gasteiger partial charge in [0.25, 0.3) is 0 Å². The minimum atomic E-state index is -0.980. The van der Waals surface area contributed by atoms with E-state index in [1.807, 2.05) is 0 Å². The Morgan fingerprint density at radius 2 is 2.25 bits per heavy atom. The number of carbonyl (C=O) groups is 1. The number of piperazine rings is 1. The fourth-order valence-electron chi connectivity index (χ4n) is 1.35. The van der Waals surface area contributed by atoms with Crippen LogP contribution in [0.25, 0.3) is 0 Å². The van der Waals surface area contributed by atoms with E-state index < -0.39 is 11.6 Å². The summed E-state index contributed by atoms with van der Waals surface area (Å²) in [4.78, 5) is 13.1. The predicted octanol–water partition coefficient (Wildman–Crippen LogP) is -0.813. The summed E-state index contributed by atoms with van der Waals surface area (Å²) in [5, 5.41) is 12.6. The largest absolute Gasteiger partial charge is 0.388 e. The monoisotopic (exact) mass is 172 g/mol. The highest BCUT2D eigenvalue weighted by Crippen LogP contribution is 2.13. The number of hydrogen-bond acceptors (Lipinski definition) is 3. The van der Waals surface area contributed by atoms with Gasteiger partial charge in [0.1, 0.15) is 6.04 Å². The zero-order valence-electron chi connectivity index (χ0n) is 7.79. The van der Waals surface area contributed by atoms with Crippen molar-refractivity contribution in [1.82, 2.24) is 10.2 Å². The first-order chi connectivity index (χ1) is 5.43. The van der Waals surface area contributed by atoms with Gasteiger partial charge in [-0.3, -0.25) is 4.79 Å². The molecule has 1 rings (SSSR count). The van der Waals surface area contributed by atoms with Gasteiger partial charge >= 0.3 is 0 Å². The van der Waals surface area contributed by atoms with Gasteiger partial charge in [-0.2, -0.15) is 0 Å². The Kier molecular flexibility index (Phi) is 2.39. The molecule has 1 atom stereocenters. The molecule has 70 valence electrons. The van der Waals surface area contributed by atoms with Crippen molar-refractivity contribution in [2.45, 2.75) is 25.5 Å². The van der Waals surface area contributed by atoms with Gasteiger partial charge < -0.3 is 15.3 Å². The summed E-state index contributed by atoms with van der Waals surface area (Å²) in [6.45, 7) is 4.74. The van der Waals surface area contributed by atoms with Crippen LogP contribution in [0.1, 0.15) is 13.8 Å². The maximum absolute atomic E-state index is 11.5. The van der Waals surface area contributed by atoms with Gasteiger partial charge in [-0.15, -0.1) is 0 Å². The molecule has 0 aromatic heterocycles. The van der Waals surface area contributed by atoms with E-state index in [-0.39, 0.29) is 5.91 Å². The van der Waals surface area contributed by atoms with Crippen LogP contribution in [0, 0.1) is 0 Å². The third kappa shape index (κ3) is 1.76. The van der Waals surface area contributed by atoms with E-state index in [2.05, 4.69) is 5.32 Å². The third-order valence-corrected chi connectivity index (χ3v) is 2.13. The average Bonchev–Trinajstić information content (AvgIpc) is 1.92. The molecule has 4 nitrogen and oxygen atoms in total. The van der Waals surface area contributed by atoms with Gasteiger partial charge in [0.2, 0.25) is 5.91 Å². The molecule has 0 bridgehead atoms. The van der Waals surface area contributed by atoms with Crippen LogP contribution in [-0.2, 0) is 4.79 Å². The van der Waals surface area contributed by atoms with Crippen molar-refractivity contribution in [3.63, 3.8) is 0 Å². The van der Waals surface area contributed by atoms with E-state index >= 15 is 0 Å². The molecule has 4 heteroatoms. The number of nitrogens with zero attached hydrogens (tertiary/aromatic N) is 1. The number of aliphatic hydroxyl groups is 1. The Hall–Kier alpha value is -0.610. The van der Waals surface area contributed by atoms with E-state index in [0.29, 0.717) is 6.54 Å². The van der Waals surface area contributed by atoms with Crippen LogP contribution in [0.5, 0.6) is 0 Å². The van der Waals surface area contributed by atoms with Crippen molar-refractivity contribution in [2.24, 2.45) is 0 Å². The smallest absolute Gasteiger partial charge is 0.242 e. The Balaban J connectivity index is 2.71. The van der Waals surface area contributed by atoms with E-state index in [1.54, 1.807) is 25.8 Å². The molecule has 0 saturated carbocycles. The molecule has 0 aliphatic carbocycles. The molecule has 1 saturated heterocycles. The third-order valence-electron chi connectivity index (χ3n) is 2.13. The van der Waals surface area contributed by atoms with Crippen LogP contribution in [0.4, 0.5) is 0 Å². The Labute approximate surface area is 72.6 Å². The van der Waals surface area contributed by atoms with Crippen molar-refractivity contribution in [3.05, 3.63) is 0 Å². The lowest BCUT2D eigenvalue weighted by molar-refractivity contribution is -0.140. The highest BCUT2D eigenvalue weighted by Gasteiger charge is 2.36. The number of amides is 1. The Morgan fingerprint density at radius 3 is 2.67 bits per heavy atom. The van der Waals surface area contributed by atoms with Crippen LogP contribution in [-0.4, -0.2) is 47.7 Å². The quantitative estimate of drug-likeness (QED) is 0.544. The second-order valence-electron chi connectivity index (χ2n) is 3.80. The van der Waals surface area contributed by atoms with Crippen LogP contribution in [0.2, 0.25) is 0 Å². The van der Waals surface area contributed by atoms with E-state index in [1.165, 1.54) is 0 Å². The van der Waals surface area contributed by atoms with Crippen LogP contribution in [0.15, 0.2) is 0 Å². The summed E-state index contributed by atoms with van der Waals surface area (Å²) in [5.41, 5.74) is -0.980. The summed E-state index contributed by atoms with van der Waals surface area (Å²) in [6, 6.07) is -0.462. The molecule has 1 unspecified atom stereocenters. The SMILES string of the molecule is CN1CCNC(C(C)(C)O)C1=O. The fraction of sp³-hybridized carbons (Fsp3) is 0.875. The summed E-state index contributed by atoms with van der Waals surface area (Å²) < 4.78 is 0. The maximum Gasteiger partial charge on any atom is 0.242 e. The number of rotatable bonds is 1. The van der Waals surface area contributed by atoms with Gasteiger partial charge in [0, 0.05) is 20.1 Å². The molecule has 0 aromatic carbocycles. The minimum absolute atomic E-state index is 0.0336. The average molecular weight is 172 g/mol. The number of hydrogen-bond donors (Lipinski definition) is 2. The lowest BCUT2D eigenvalue weighted by Gasteiger charge is -2.36. The van der Waals surface area contributed by atoms with Gasteiger partial charge in [0.05, 0.1) is 5.60 Å². The highest BCUT2D eigenvalue weighted by molar-refractivity contribution is 5.83. The Bertz CT molecular complexity index is 186. The summed E-state index contributed by atoms with van der Waals surface area (Å²) in [7, 11) is 1.75. The number of nitrogens with one attached hydrogen (secondary N) is 1. The molecule has 1 fully saturated rings. The molecule has 2 N–H and O–H groups in total. The lowest BCUT2D eigenvalue weighted by Crippen LogP contribution is -2.61. The van der Waals surface area contributed by atoms with Gasteiger partial charge in [0.15, 0.2) is 0 Å². The normalized spacial score (nSPS) is 26.2. The highest BCUT2D eigenvalue weighted by atomic mass is 16.3.